The Morgan fingerprint density at radius 1 is 1.15 bits per heavy atom. The average Bonchev–Trinajstić information content (AvgIpc) is 2.93. The van der Waals surface area contributed by atoms with Gasteiger partial charge in [0, 0.05) is 12.1 Å². The third-order valence-corrected chi connectivity index (χ3v) is 3.01. The van der Waals surface area contributed by atoms with Crippen LogP contribution in [-0.2, 0) is 13.2 Å². The molecule has 0 aliphatic carbocycles. The van der Waals surface area contributed by atoms with E-state index in [-0.39, 0.29) is 0 Å². The van der Waals surface area contributed by atoms with E-state index >= 15 is 0 Å². The van der Waals surface area contributed by atoms with Gasteiger partial charge in [0.05, 0.1) is 13.4 Å². The first-order chi connectivity index (χ1) is 9.85. The van der Waals surface area contributed by atoms with Crippen molar-refractivity contribution in [3.05, 3.63) is 47.9 Å². The Morgan fingerprint density at radius 3 is 2.70 bits per heavy atom. The summed E-state index contributed by atoms with van der Waals surface area (Å²) >= 11 is 0. The zero-order valence-corrected chi connectivity index (χ0v) is 12.0. The fourth-order valence-electron chi connectivity index (χ4n) is 1.93. The van der Waals surface area contributed by atoms with E-state index in [4.69, 9.17) is 13.9 Å². The standard InChI is InChI=1S/C16H21NO3/c1-3-9-17-11-13-8-10-19-16(13)12-20-15-7-5-4-6-14(15)18-2/h4-8,10,17H,3,9,11-12H2,1-2H3. The lowest BCUT2D eigenvalue weighted by atomic mass is 10.2. The van der Waals surface area contributed by atoms with Gasteiger partial charge in [0.2, 0.25) is 0 Å². The first kappa shape index (κ1) is 14.5. The van der Waals surface area contributed by atoms with Crippen LogP contribution in [-0.4, -0.2) is 13.7 Å². The van der Waals surface area contributed by atoms with E-state index in [1.165, 1.54) is 0 Å². The van der Waals surface area contributed by atoms with Crippen LogP contribution in [0.15, 0.2) is 41.0 Å². The second-order valence-electron chi connectivity index (χ2n) is 4.49. The molecule has 1 aromatic carbocycles. The number of benzene rings is 1. The first-order valence-corrected chi connectivity index (χ1v) is 6.87. The van der Waals surface area contributed by atoms with Crippen LogP contribution >= 0.6 is 0 Å². The topological polar surface area (TPSA) is 43.6 Å². The van der Waals surface area contributed by atoms with Crippen molar-refractivity contribution < 1.29 is 13.9 Å². The quantitative estimate of drug-likeness (QED) is 0.750. The number of furan rings is 1. The summed E-state index contributed by atoms with van der Waals surface area (Å²) in [4.78, 5) is 0. The predicted molar refractivity (Wildman–Crippen MR) is 78.0 cm³/mol. The molecule has 4 heteroatoms. The molecule has 0 bridgehead atoms. The summed E-state index contributed by atoms with van der Waals surface area (Å²) < 4.78 is 16.5. The van der Waals surface area contributed by atoms with Crippen molar-refractivity contribution in [1.82, 2.24) is 5.32 Å². The van der Waals surface area contributed by atoms with Crippen molar-refractivity contribution in [2.75, 3.05) is 13.7 Å². The zero-order valence-electron chi connectivity index (χ0n) is 12.0. The van der Waals surface area contributed by atoms with Crippen molar-refractivity contribution >= 4 is 0 Å². The van der Waals surface area contributed by atoms with Gasteiger partial charge < -0.3 is 19.2 Å². The molecule has 0 unspecified atom stereocenters. The van der Waals surface area contributed by atoms with Gasteiger partial charge in [-0.1, -0.05) is 19.1 Å². The summed E-state index contributed by atoms with van der Waals surface area (Å²) in [6.45, 7) is 4.34. The summed E-state index contributed by atoms with van der Waals surface area (Å²) in [7, 11) is 1.63. The molecule has 20 heavy (non-hydrogen) atoms. The van der Waals surface area contributed by atoms with E-state index < -0.39 is 0 Å². The molecule has 0 aliphatic heterocycles. The lowest BCUT2D eigenvalue weighted by Crippen LogP contribution is -2.14. The van der Waals surface area contributed by atoms with E-state index in [9.17, 15) is 0 Å². The Balaban J connectivity index is 1.95. The van der Waals surface area contributed by atoms with Crippen LogP contribution in [0.1, 0.15) is 24.7 Å². The molecule has 108 valence electrons. The second-order valence-corrected chi connectivity index (χ2v) is 4.49. The highest BCUT2D eigenvalue weighted by Crippen LogP contribution is 2.27. The van der Waals surface area contributed by atoms with Gasteiger partial charge in [-0.15, -0.1) is 0 Å². The van der Waals surface area contributed by atoms with Gasteiger partial charge in [-0.3, -0.25) is 0 Å². The molecule has 2 rings (SSSR count). The number of nitrogens with one attached hydrogen (secondary N) is 1. The maximum Gasteiger partial charge on any atom is 0.161 e. The van der Waals surface area contributed by atoms with Gasteiger partial charge in [0.15, 0.2) is 11.5 Å². The molecule has 0 atom stereocenters. The van der Waals surface area contributed by atoms with Gasteiger partial charge in [0.1, 0.15) is 12.4 Å². The van der Waals surface area contributed by atoms with Crippen LogP contribution in [0, 0.1) is 0 Å². The Labute approximate surface area is 119 Å². The van der Waals surface area contributed by atoms with Crippen LogP contribution in [0.2, 0.25) is 0 Å². The Hall–Kier alpha value is -1.94. The Morgan fingerprint density at radius 2 is 1.95 bits per heavy atom. The molecule has 0 saturated carbocycles. The highest BCUT2D eigenvalue weighted by Gasteiger charge is 2.09. The molecular weight excluding hydrogens is 254 g/mol. The molecule has 0 amide bonds. The average molecular weight is 275 g/mol. The Kier molecular flexibility index (Phi) is 5.50. The minimum absolute atomic E-state index is 0.399. The predicted octanol–water partition coefficient (Wildman–Crippen LogP) is 3.37. The van der Waals surface area contributed by atoms with Crippen LogP contribution in [0.3, 0.4) is 0 Å². The number of hydrogen-bond acceptors (Lipinski definition) is 4. The monoisotopic (exact) mass is 275 g/mol. The van der Waals surface area contributed by atoms with Crippen LogP contribution in [0.25, 0.3) is 0 Å². The summed E-state index contributed by atoms with van der Waals surface area (Å²) in [5.41, 5.74) is 1.13. The van der Waals surface area contributed by atoms with Crippen molar-refractivity contribution in [2.45, 2.75) is 26.5 Å². The zero-order chi connectivity index (χ0) is 14.2. The normalized spacial score (nSPS) is 10.5. The molecule has 1 N–H and O–H groups in total. The fraction of sp³-hybridized carbons (Fsp3) is 0.375. The van der Waals surface area contributed by atoms with E-state index in [1.54, 1.807) is 13.4 Å². The van der Waals surface area contributed by atoms with Gasteiger partial charge in [-0.05, 0) is 31.2 Å². The van der Waals surface area contributed by atoms with E-state index in [0.29, 0.717) is 6.61 Å². The summed E-state index contributed by atoms with van der Waals surface area (Å²) in [5.74, 6) is 2.29. The van der Waals surface area contributed by atoms with Gasteiger partial charge in [-0.25, -0.2) is 0 Å². The summed E-state index contributed by atoms with van der Waals surface area (Å²) in [6.07, 6.45) is 2.81. The van der Waals surface area contributed by atoms with E-state index in [2.05, 4.69) is 12.2 Å². The molecular formula is C16H21NO3. The summed E-state index contributed by atoms with van der Waals surface area (Å²) in [5, 5.41) is 3.36. The van der Waals surface area contributed by atoms with E-state index in [1.807, 2.05) is 30.3 Å². The third-order valence-electron chi connectivity index (χ3n) is 3.01. The van der Waals surface area contributed by atoms with Gasteiger partial charge in [-0.2, -0.15) is 0 Å². The minimum atomic E-state index is 0.399. The Bertz CT molecular complexity index is 522. The van der Waals surface area contributed by atoms with Crippen LogP contribution in [0.5, 0.6) is 11.5 Å². The maximum absolute atomic E-state index is 5.77. The molecule has 2 aromatic rings. The first-order valence-electron chi connectivity index (χ1n) is 6.87. The van der Waals surface area contributed by atoms with Gasteiger partial charge in [0.25, 0.3) is 0 Å². The van der Waals surface area contributed by atoms with E-state index in [0.717, 1.165) is 42.3 Å². The number of ether oxygens (including phenoxy) is 2. The van der Waals surface area contributed by atoms with Crippen molar-refractivity contribution in [3.8, 4) is 11.5 Å². The molecule has 4 nitrogen and oxygen atoms in total. The van der Waals surface area contributed by atoms with Gasteiger partial charge >= 0.3 is 0 Å². The number of hydrogen-bond donors (Lipinski definition) is 1. The molecule has 0 fully saturated rings. The highest BCUT2D eigenvalue weighted by atomic mass is 16.5. The lowest BCUT2D eigenvalue weighted by Gasteiger charge is -2.10. The van der Waals surface area contributed by atoms with Crippen molar-refractivity contribution in [2.24, 2.45) is 0 Å². The lowest BCUT2D eigenvalue weighted by molar-refractivity contribution is 0.254. The molecule has 0 radical (unpaired) electrons. The molecule has 0 spiro atoms. The third kappa shape index (κ3) is 3.78. The minimum Gasteiger partial charge on any atom is -0.493 e. The largest absolute Gasteiger partial charge is 0.493 e. The van der Waals surface area contributed by atoms with Crippen molar-refractivity contribution in [1.29, 1.82) is 0 Å². The SMILES string of the molecule is CCCNCc1ccoc1COc1ccccc1OC. The number of methoxy groups -OCH3 is 1. The smallest absolute Gasteiger partial charge is 0.161 e. The van der Waals surface area contributed by atoms with Crippen molar-refractivity contribution in [3.63, 3.8) is 0 Å². The highest BCUT2D eigenvalue weighted by molar-refractivity contribution is 5.39. The molecule has 0 aliphatic rings. The number of rotatable bonds is 8. The fourth-order valence-corrected chi connectivity index (χ4v) is 1.93. The van der Waals surface area contributed by atoms with Crippen LogP contribution in [0.4, 0.5) is 0 Å². The summed E-state index contributed by atoms with van der Waals surface area (Å²) in [6, 6.07) is 9.57. The molecule has 0 saturated heterocycles. The number of para-hydroxylation sites is 2. The maximum atomic E-state index is 5.77. The molecule has 1 heterocycles. The molecule has 1 aromatic heterocycles. The van der Waals surface area contributed by atoms with Crippen LogP contribution < -0.4 is 14.8 Å². The second kappa shape index (κ2) is 7.60.